The minimum absolute atomic E-state index is 0.120. The van der Waals surface area contributed by atoms with E-state index in [2.05, 4.69) is 21.8 Å². The predicted molar refractivity (Wildman–Crippen MR) is 98.4 cm³/mol. The van der Waals surface area contributed by atoms with Gasteiger partial charge in [-0.2, -0.15) is 0 Å². The van der Waals surface area contributed by atoms with Crippen LogP contribution in [0.25, 0.3) is 0 Å². The molecule has 0 spiro atoms. The van der Waals surface area contributed by atoms with E-state index >= 15 is 0 Å². The second-order valence-corrected chi connectivity index (χ2v) is 6.94. The number of nitrogens with zero attached hydrogens (tertiary/aromatic N) is 3. The Morgan fingerprint density at radius 3 is 2.80 bits per heavy atom. The molecule has 1 aromatic heterocycles. The lowest BCUT2D eigenvalue weighted by Gasteiger charge is -2.18. The Kier molecular flexibility index (Phi) is 5.53. The minimum atomic E-state index is 0.120. The predicted octanol–water partition coefficient (Wildman–Crippen LogP) is 3.87. The summed E-state index contributed by atoms with van der Waals surface area (Å²) in [6, 6.07) is 9.82. The molecule has 0 radical (unpaired) electrons. The molecule has 1 aliphatic heterocycles. The first kappa shape index (κ1) is 17.7. The van der Waals surface area contributed by atoms with Gasteiger partial charge in [0.1, 0.15) is 34.9 Å². The zero-order chi connectivity index (χ0) is 17.8. The first-order chi connectivity index (χ1) is 12.0. The first-order valence-electron chi connectivity index (χ1n) is 8.50. The maximum atomic E-state index is 11.2. The van der Waals surface area contributed by atoms with E-state index in [9.17, 15) is 4.79 Å². The number of carbonyl (C=O) groups is 1. The summed E-state index contributed by atoms with van der Waals surface area (Å²) in [6.07, 6.45) is 3.10. The quantitative estimate of drug-likeness (QED) is 0.733. The zero-order valence-corrected chi connectivity index (χ0v) is 15.2. The van der Waals surface area contributed by atoms with E-state index in [1.807, 2.05) is 24.3 Å². The van der Waals surface area contributed by atoms with Gasteiger partial charge < -0.3 is 14.4 Å². The van der Waals surface area contributed by atoms with Crippen LogP contribution in [-0.2, 0) is 4.79 Å². The molecule has 1 aromatic carbocycles. The highest BCUT2D eigenvalue weighted by Gasteiger charge is 2.25. The van der Waals surface area contributed by atoms with Crippen LogP contribution >= 0.6 is 11.6 Å². The fourth-order valence-corrected chi connectivity index (χ4v) is 3.29. The van der Waals surface area contributed by atoms with Crippen LogP contribution in [0.4, 0.5) is 5.82 Å². The lowest BCUT2D eigenvalue weighted by molar-refractivity contribution is -0.117. The maximum absolute atomic E-state index is 11.2. The molecule has 0 N–H and O–H groups in total. The molecule has 5 nitrogen and oxygen atoms in total. The van der Waals surface area contributed by atoms with Crippen molar-refractivity contribution in [3.8, 4) is 5.75 Å². The van der Waals surface area contributed by atoms with Gasteiger partial charge in [-0.05, 0) is 30.5 Å². The van der Waals surface area contributed by atoms with Gasteiger partial charge >= 0.3 is 0 Å². The Balaban J connectivity index is 1.57. The molecule has 2 atom stereocenters. The fraction of sp³-hybridized carbons (Fsp3) is 0.421. The molecule has 2 aromatic rings. The van der Waals surface area contributed by atoms with Crippen molar-refractivity contribution in [2.45, 2.75) is 38.7 Å². The number of hydrogen-bond acceptors (Lipinski definition) is 5. The van der Waals surface area contributed by atoms with E-state index in [0.717, 1.165) is 36.6 Å². The Morgan fingerprint density at radius 2 is 2.12 bits per heavy atom. The number of carbonyl (C=O) groups excluding carboxylic acids is 1. The number of hydrogen-bond donors (Lipinski definition) is 0. The summed E-state index contributed by atoms with van der Waals surface area (Å²) in [5.74, 6) is 2.13. The minimum Gasteiger partial charge on any atom is -0.489 e. The second-order valence-electron chi connectivity index (χ2n) is 6.55. The van der Waals surface area contributed by atoms with E-state index < -0.39 is 0 Å². The Hall–Kier alpha value is -2.14. The fourth-order valence-electron chi connectivity index (χ4n) is 3.15. The Morgan fingerprint density at radius 1 is 1.36 bits per heavy atom. The molecule has 1 fully saturated rings. The summed E-state index contributed by atoms with van der Waals surface area (Å²) >= 11 is 5.93. The number of aromatic nitrogens is 2. The van der Waals surface area contributed by atoms with E-state index in [4.69, 9.17) is 16.3 Å². The van der Waals surface area contributed by atoms with E-state index in [-0.39, 0.29) is 17.8 Å². The molecule has 0 unspecified atom stereocenters. The molecular formula is C19H22ClN3O2. The van der Waals surface area contributed by atoms with Gasteiger partial charge in [0.25, 0.3) is 0 Å². The number of anilines is 1. The van der Waals surface area contributed by atoms with Crippen molar-refractivity contribution in [2.24, 2.45) is 0 Å². The van der Waals surface area contributed by atoms with Gasteiger partial charge in [-0.3, -0.25) is 0 Å². The van der Waals surface area contributed by atoms with Gasteiger partial charge in [-0.1, -0.05) is 30.7 Å². The van der Waals surface area contributed by atoms with Crippen LogP contribution in [-0.4, -0.2) is 34.9 Å². The summed E-state index contributed by atoms with van der Waals surface area (Å²) in [7, 11) is 0. The van der Waals surface area contributed by atoms with Crippen molar-refractivity contribution in [1.82, 2.24) is 9.97 Å². The standard InChI is InChI=1S/C19H22ClN3O2/c1-13(9-14(2)24)15-3-5-16(6-4-15)25-17-7-8-23(11-17)19-10-18(20)21-12-22-19/h3-6,10,12-13,17H,7-9,11H2,1-2H3/t13-,17-/m1/s1. The summed E-state index contributed by atoms with van der Waals surface area (Å²) in [5, 5.41) is 0.449. The highest BCUT2D eigenvalue weighted by Crippen LogP contribution is 2.25. The van der Waals surface area contributed by atoms with E-state index in [0.29, 0.717) is 11.6 Å². The van der Waals surface area contributed by atoms with Gasteiger partial charge in [0, 0.05) is 25.5 Å². The summed E-state index contributed by atoms with van der Waals surface area (Å²) in [6.45, 7) is 5.35. The van der Waals surface area contributed by atoms with Gasteiger partial charge in [-0.15, -0.1) is 0 Å². The lowest BCUT2D eigenvalue weighted by atomic mass is 9.96. The number of rotatable bonds is 6. The molecule has 2 heterocycles. The third-order valence-corrected chi connectivity index (χ3v) is 4.64. The molecule has 0 amide bonds. The average Bonchev–Trinajstić information content (AvgIpc) is 3.03. The van der Waals surface area contributed by atoms with Gasteiger partial charge in [0.15, 0.2) is 0 Å². The van der Waals surface area contributed by atoms with Gasteiger partial charge in [0.2, 0.25) is 0 Å². The van der Waals surface area contributed by atoms with Crippen LogP contribution < -0.4 is 9.64 Å². The summed E-state index contributed by atoms with van der Waals surface area (Å²) < 4.78 is 6.09. The highest BCUT2D eigenvalue weighted by atomic mass is 35.5. The normalized spacial score (nSPS) is 18.2. The van der Waals surface area contributed by atoms with Crippen LogP contribution in [0.5, 0.6) is 5.75 Å². The van der Waals surface area contributed by atoms with E-state index in [1.54, 1.807) is 13.0 Å². The largest absolute Gasteiger partial charge is 0.489 e. The maximum Gasteiger partial charge on any atom is 0.134 e. The zero-order valence-electron chi connectivity index (χ0n) is 14.5. The molecular weight excluding hydrogens is 338 g/mol. The summed E-state index contributed by atoms with van der Waals surface area (Å²) in [4.78, 5) is 21.6. The van der Waals surface area contributed by atoms with Crippen molar-refractivity contribution in [1.29, 1.82) is 0 Å². The first-order valence-corrected chi connectivity index (χ1v) is 8.87. The topological polar surface area (TPSA) is 55.3 Å². The number of benzene rings is 1. The average molecular weight is 360 g/mol. The number of halogens is 1. The van der Waals surface area contributed by atoms with E-state index in [1.165, 1.54) is 6.33 Å². The number of ether oxygens (including phenoxy) is 1. The Bertz CT molecular complexity index is 736. The van der Waals surface area contributed by atoms with Crippen LogP contribution in [0.1, 0.15) is 38.2 Å². The molecule has 1 saturated heterocycles. The molecule has 25 heavy (non-hydrogen) atoms. The highest BCUT2D eigenvalue weighted by molar-refractivity contribution is 6.29. The molecule has 0 aliphatic carbocycles. The second kappa shape index (κ2) is 7.83. The summed E-state index contributed by atoms with van der Waals surface area (Å²) in [5.41, 5.74) is 1.16. The molecule has 3 rings (SSSR count). The molecule has 0 bridgehead atoms. The molecule has 0 saturated carbocycles. The Labute approximate surface area is 153 Å². The van der Waals surface area contributed by atoms with Crippen molar-refractivity contribution in [2.75, 3.05) is 18.0 Å². The van der Waals surface area contributed by atoms with Crippen molar-refractivity contribution in [3.63, 3.8) is 0 Å². The van der Waals surface area contributed by atoms with Crippen LogP contribution in [0, 0.1) is 0 Å². The van der Waals surface area contributed by atoms with Crippen LogP contribution in [0.2, 0.25) is 5.15 Å². The van der Waals surface area contributed by atoms with Crippen LogP contribution in [0.3, 0.4) is 0 Å². The molecule has 6 heteroatoms. The monoisotopic (exact) mass is 359 g/mol. The third-order valence-electron chi connectivity index (χ3n) is 4.43. The molecule has 1 aliphatic rings. The third kappa shape index (κ3) is 4.69. The van der Waals surface area contributed by atoms with Crippen molar-refractivity contribution >= 4 is 23.2 Å². The van der Waals surface area contributed by atoms with Crippen LogP contribution in [0.15, 0.2) is 36.7 Å². The lowest BCUT2D eigenvalue weighted by Crippen LogP contribution is -2.25. The number of ketones is 1. The van der Waals surface area contributed by atoms with Gasteiger partial charge in [-0.25, -0.2) is 9.97 Å². The van der Waals surface area contributed by atoms with Gasteiger partial charge in [0.05, 0.1) is 6.54 Å². The SMILES string of the molecule is CC(=O)C[C@@H](C)c1ccc(O[C@@H]2CCN(c3cc(Cl)ncn3)C2)cc1. The number of Topliss-reactive ketones (excluding diaryl/α,β-unsaturated/α-hetero) is 1. The smallest absolute Gasteiger partial charge is 0.134 e. The molecule has 132 valence electrons. The van der Waals surface area contributed by atoms with Crippen molar-refractivity contribution in [3.05, 3.63) is 47.4 Å². The van der Waals surface area contributed by atoms with Crippen molar-refractivity contribution < 1.29 is 9.53 Å².